The van der Waals surface area contributed by atoms with Crippen LogP contribution >= 0.6 is 0 Å². The summed E-state index contributed by atoms with van der Waals surface area (Å²) in [4.78, 5) is 16.4. The highest BCUT2D eigenvalue weighted by molar-refractivity contribution is 5.98. The smallest absolute Gasteiger partial charge is 0.494 e. The first-order valence-electron chi connectivity index (χ1n) is 11.7. The molecule has 1 heterocycles. The average molecular weight is 526 g/mol. The molecular formula is C28H23F4N3O3. The van der Waals surface area contributed by atoms with Crippen LogP contribution in [0.2, 0.25) is 0 Å². The first kappa shape index (κ1) is 26.5. The van der Waals surface area contributed by atoms with Gasteiger partial charge in [0.25, 0.3) is 5.91 Å². The first-order chi connectivity index (χ1) is 18.2. The molecule has 0 aliphatic carbocycles. The Hall–Kier alpha value is -4.52. The first-order valence-corrected chi connectivity index (χ1v) is 11.7. The number of carbonyl (C=O) groups is 1. The monoisotopic (exact) mass is 525 g/mol. The van der Waals surface area contributed by atoms with E-state index < -0.39 is 35.4 Å². The summed E-state index contributed by atoms with van der Waals surface area (Å²) in [5.41, 5.74) is 1.88. The second-order valence-corrected chi connectivity index (χ2v) is 8.46. The molecule has 0 fully saturated rings. The Morgan fingerprint density at radius 1 is 1.11 bits per heavy atom. The number of nitrogens with zero attached hydrogens (tertiary/aromatic N) is 1. The SMILES string of the molecule is CCOc1cc(F)cc(-c2ccc(OC(F)(F)F)c(C(=O)NC(CC#N)Cc3c[nH]c4ccccc34)c2)c1. The number of para-hydroxylation sites is 1. The molecule has 0 saturated carbocycles. The van der Waals surface area contributed by atoms with E-state index in [0.717, 1.165) is 22.5 Å². The van der Waals surface area contributed by atoms with Crippen molar-refractivity contribution in [3.8, 4) is 28.7 Å². The van der Waals surface area contributed by atoms with Crippen LogP contribution in [0.25, 0.3) is 22.0 Å². The average Bonchev–Trinajstić information content (AvgIpc) is 3.26. The Kier molecular flexibility index (Phi) is 7.86. The van der Waals surface area contributed by atoms with Gasteiger partial charge in [-0.05, 0) is 60.4 Å². The van der Waals surface area contributed by atoms with E-state index in [4.69, 9.17) is 4.74 Å². The number of halogens is 4. The number of benzene rings is 3. The van der Waals surface area contributed by atoms with Crippen molar-refractivity contribution < 1.29 is 31.8 Å². The molecule has 38 heavy (non-hydrogen) atoms. The molecule has 6 nitrogen and oxygen atoms in total. The molecule has 1 amide bonds. The van der Waals surface area contributed by atoms with E-state index in [2.05, 4.69) is 15.0 Å². The number of nitriles is 1. The minimum Gasteiger partial charge on any atom is -0.494 e. The molecule has 4 rings (SSSR count). The lowest BCUT2D eigenvalue weighted by atomic mass is 10.00. The maximum atomic E-state index is 14.2. The number of hydrogen-bond donors (Lipinski definition) is 2. The van der Waals surface area contributed by atoms with Gasteiger partial charge in [-0.25, -0.2) is 4.39 Å². The van der Waals surface area contributed by atoms with Crippen molar-refractivity contribution in [1.82, 2.24) is 10.3 Å². The summed E-state index contributed by atoms with van der Waals surface area (Å²) >= 11 is 0. The van der Waals surface area contributed by atoms with Crippen LogP contribution in [-0.2, 0) is 6.42 Å². The van der Waals surface area contributed by atoms with Gasteiger partial charge >= 0.3 is 6.36 Å². The van der Waals surface area contributed by atoms with Crippen LogP contribution < -0.4 is 14.8 Å². The molecule has 2 N–H and O–H groups in total. The van der Waals surface area contributed by atoms with Crippen molar-refractivity contribution in [3.63, 3.8) is 0 Å². The summed E-state index contributed by atoms with van der Waals surface area (Å²) in [5, 5.41) is 12.9. The fourth-order valence-corrected chi connectivity index (χ4v) is 4.19. The molecule has 4 aromatic rings. The molecule has 196 valence electrons. The van der Waals surface area contributed by atoms with E-state index in [1.165, 1.54) is 30.3 Å². The van der Waals surface area contributed by atoms with Gasteiger partial charge < -0.3 is 19.8 Å². The van der Waals surface area contributed by atoms with Gasteiger partial charge in [0.1, 0.15) is 17.3 Å². The van der Waals surface area contributed by atoms with Crippen LogP contribution in [0.15, 0.2) is 66.9 Å². The summed E-state index contributed by atoms with van der Waals surface area (Å²) in [6, 6.07) is 16.2. The van der Waals surface area contributed by atoms with E-state index >= 15 is 0 Å². The van der Waals surface area contributed by atoms with Crippen molar-refractivity contribution in [2.75, 3.05) is 6.61 Å². The molecule has 0 aliphatic heterocycles. The lowest BCUT2D eigenvalue weighted by Crippen LogP contribution is -2.36. The lowest BCUT2D eigenvalue weighted by molar-refractivity contribution is -0.274. The molecule has 0 saturated heterocycles. The summed E-state index contributed by atoms with van der Waals surface area (Å²) in [7, 11) is 0. The zero-order valence-corrected chi connectivity index (χ0v) is 20.2. The largest absolute Gasteiger partial charge is 0.573 e. The Bertz CT molecular complexity index is 1490. The van der Waals surface area contributed by atoms with E-state index in [9.17, 15) is 27.6 Å². The highest BCUT2D eigenvalue weighted by atomic mass is 19.4. The topological polar surface area (TPSA) is 87.1 Å². The van der Waals surface area contributed by atoms with Gasteiger partial charge in [0.05, 0.1) is 24.7 Å². The minimum atomic E-state index is -5.05. The molecule has 0 spiro atoms. The number of nitrogens with one attached hydrogen (secondary N) is 2. The van der Waals surface area contributed by atoms with E-state index in [1.54, 1.807) is 13.1 Å². The van der Waals surface area contributed by atoms with Crippen LogP contribution in [0.3, 0.4) is 0 Å². The molecular weight excluding hydrogens is 502 g/mol. The number of fused-ring (bicyclic) bond motifs is 1. The maximum absolute atomic E-state index is 14.2. The van der Waals surface area contributed by atoms with Gasteiger partial charge in [-0.15, -0.1) is 13.2 Å². The van der Waals surface area contributed by atoms with Gasteiger partial charge in [0, 0.05) is 29.2 Å². The van der Waals surface area contributed by atoms with Gasteiger partial charge in [0.15, 0.2) is 0 Å². The van der Waals surface area contributed by atoms with E-state index in [1.807, 2.05) is 30.3 Å². The molecule has 1 aromatic heterocycles. The minimum absolute atomic E-state index is 0.0813. The van der Waals surface area contributed by atoms with Crippen molar-refractivity contribution in [2.24, 2.45) is 0 Å². The highest BCUT2D eigenvalue weighted by Gasteiger charge is 2.33. The Morgan fingerprint density at radius 2 is 1.89 bits per heavy atom. The van der Waals surface area contributed by atoms with Crippen molar-refractivity contribution in [3.05, 3.63) is 83.8 Å². The zero-order chi connectivity index (χ0) is 27.3. The number of hydrogen-bond acceptors (Lipinski definition) is 4. The molecule has 3 aromatic carbocycles. The van der Waals surface area contributed by atoms with Crippen LogP contribution in [0.5, 0.6) is 11.5 Å². The predicted octanol–water partition coefficient (Wildman–Crippen LogP) is 6.53. The van der Waals surface area contributed by atoms with Gasteiger partial charge in [-0.2, -0.15) is 5.26 Å². The fraction of sp³-hybridized carbons (Fsp3) is 0.214. The van der Waals surface area contributed by atoms with E-state index in [-0.39, 0.29) is 30.8 Å². The summed E-state index contributed by atoms with van der Waals surface area (Å²) in [5.74, 6) is -1.96. The molecule has 0 aliphatic rings. The van der Waals surface area contributed by atoms with Crippen LogP contribution in [0, 0.1) is 17.1 Å². The number of amides is 1. The molecule has 1 atom stereocenters. The normalized spacial score (nSPS) is 12.1. The summed E-state index contributed by atoms with van der Waals surface area (Å²) < 4.78 is 63.0. The number of alkyl halides is 3. The van der Waals surface area contributed by atoms with E-state index in [0.29, 0.717) is 5.56 Å². The number of aromatic nitrogens is 1. The third-order valence-electron chi connectivity index (χ3n) is 5.78. The second kappa shape index (κ2) is 11.3. The third-order valence-corrected chi connectivity index (χ3v) is 5.78. The second-order valence-electron chi connectivity index (χ2n) is 8.46. The third kappa shape index (κ3) is 6.42. The standard InChI is InChI=1S/C28H23F4N3O3/c1-2-37-22-13-18(11-20(29)15-22)17-7-8-26(38-28(30,31)32)24(14-17)27(36)35-21(9-10-33)12-19-16-34-25-6-4-3-5-23(19)25/h3-8,11,13-16,21,34H,2,9,12H2,1H3,(H,35,36). The Labute approximate surface area is 215 Å². The zero-order valence-electron chi connectivity index (χ0n) is 20.2. The number of rotatable bonds is 9. The Balaban J connectivity index is 1.67. The maximum Gasteiger partial charge on any atom is 0.573 e. The fourth-order valence-electron chi connectivity index (χ4n) is 4.19. The number of H-pyrrole nitrogens is 1. The van der Waals surface area contributed by atoms with Crippen molar-refractivity contribution in [1.29, 1.82) is 5.26 Å². The van der Waals surface area contributed by atoms with Gasteiger partial charge in [-0.1, -0.05) is 24.3 Å². The summed E-state index contributed by atoms with van der Waals surface area (Å²) in [6.45, 7) is 2.01. The quantitative estimate of drug-likeness (QED) is 0.244. The molecule has 1 unspecified atom stereocenters. The summed E-state index contributed by atoms with van der Waals surface area (Å²) in [6.07, 6.45) is -3.10. The van der Waals surface area contributed by atoms with Crippen molar-refractivity contribution >= 4 is 16.8 Å². The number of carbonyl (C=O) groups excluding carboxylic acids is 1. The lowest BCUT2D eigenvalue weighted by Gasteiger charge is -2.19. The van der Waals surface area contributed by atoms with Crippen LogP contribution in [0.4, 0.5) is 17.6 Å². The highest BCUT2D eigenvalue weighted by Crippen LogP contribution is 2.33. The molecule has 0 radical (unpaired) electrons. The Morgan fingerprint density at radius 3 is 2.63 bits per heavy atom. The van der Waals surface area contributed by atoms with Gasteiger partial charge in [0.2, 0.25) is 0 Å². The molecule has 0 bridgehead atoms. The predicted molar refractivity (Wildman–Crippen MR) is 133 cm³/mol. The van der Waals surface area contributed by atoms with Crippen LogP contribution in [0.1, 0.15) is 29.3 Å². The van der Waals surface area contributed by atoms with Crippen LogP contribution in [-0.4, -0.2) is 29.9 Å². The van der Waals surface area contributed by atoms with Gasteiger partial charge in [-0.3, -0.25) is 4.79 Å². The molecule has 10 heteroatoms. The number of ether oxygens (including phenoxy) is 2. The van der Waals surface area contributed by atoms with Crippen molar-refractivity contribution in [2.45, 2.75) is 32.2 Å². The number of aromatic amines is 1.